The second-order valence-corrected chi connectivity index (χ2v) is 2.89. The Morgan fingerprint density at radius 2 is 2.07 bits per heavy atom. The van der Waals surface area contributed by atoms with Gasteiger partial charge in [-0.1, -0.05) is 0 Å². The summed E-state index contributed by atoms with van der Waals surface area (Å²) in [7, 11) is 0. The van der Waals surface area contributed by atoms with E-state index < -0.39 is 0 Å². The molecule has 0 bridgehead atoms. The Balaban J connectivity index is 2.23. The van der Waals surface area contributed by atoms with Crippen LogP contribution < -0.4 is 0 Å². The van der Waals surface area contributed by atoms with Gasteiger partial charge in [-0.05, 0) is 12.1 Å². The lowest BCUT2D eigenvalue weighted by atomic mass is 10.5. The third kappa shape index (κ3) is 0.990. The Kier molecular flexibility index (Phi) is 1.38. The van der Waals surface area contributed by atoms with Crippen molar-refractivity contribution >= 4 is 5.65 Å². The normalized spacial score (nSPS) is 10.9. The maximum atomic E-state index is 4.35. The van der Waals surface area contributed by atoms with E-state index in [1.807, 2.05) is 29.1 Å². The molecule has 0 saturated heterocycles. The van der Waals surface area contributed by atoms with E-state index in [-0.39, 0.29) is 0 Å². The lowest BCUT2D eigenvalue weighted by molar-refractivity contribution is 0.864. The van der Waals surface area contributed by atoms with Crippen molar-refractivity contribution in [2.75, 3.05) is 0 Å². The summed E-state index contributed by atoms with van der Waals surface area (Å²) in [6.45, 7) is 0. The summed E-state index contributed by atoms with van der Waals surface area (Å²) >= 11 is 0. The van der Waals surface area contributed by atoms with Crippen LogP contribution >= 0.6 is 0 Å². The molecule has 3 aromatic heterocycles. The first-order chi connectivity index (χ1) is 6.93. The molecular weight excluding hydrogens is 178 g/mol. The van der Waals surface area contributed by atoms with E-state index in [1.54, 1.807) is 23.2 Å². The van der Waals surface area contributed by atoms with E-state index in [1.165, 1.54) is 0 Å². The zero-order chi connectivity index (χ0) is 9.38. The molecule has 0 amide bonds. The first kappa shape index (κ1) is 7.25. The van der Waals surface area contributed by atoms with Gasteiger partial charge in [-0.25, -0.2) is 14.5 Å². The lowest BCUT2D eigenvalue weighted by Gasteiger charge is -2.00. The smallest absolute Gasteiger partial charge is 0.158 e. The van der Waals surface area contributed by atoms with Crippen LogP contribution in [0.25, 0.3) is 11.5 Å². The molecule has 0 unspecified atom stereocenters. The third-order valence-electron chi connectivity index (χ3n) is 2.01. The molecule has 0 aromatic carbocycles. The largest absolute Gasteiger partial charge is 0.289 e. The van der Waals surface area contributed by atoms with Gasteiger partial charge >= 0.3 is 0 Å². The van der Waals surface area contributed by atoms with Crippen molar-refractivity contribution in [3.8, 4) is 5.82 Å². The lowest BCUT2D eigenvalue weighted by Crippen LogP contribution is -1.99. The topological polar surface area (TPSA) is 48.0 Å². The average Bonchev–Trinajstić information content (AvgIpc) is 2.88. The molecule has 0 aliphatic rings. The maximum Gasteiger partial charge on any atom is 0.158 e. The SMILES string of the molecule is c1cn(-c2ccc3nccn3n2)cn1. The highest BCUT2D eigenvalue weighted by Gasteiger charge is 1.99. The average molecular weight is 185 g/mol. The van der Waals surface area contributed by atoms with Gasteiger partial charge in [-0.15, -0.1) is 5.10 Å². The minimum Gasteiger partial charge on any atom is -0.289 e. The van der Waals surface area contributed by atoms with E-state index in [0.717, 1.165) is 11.5 Å². The molecule has 3 aromatic rings. The summed E-state index contributed by atoms with van der Waals surface area (Å²) in [5, 5.41) is 4.35. The Labute approximate surface area is 79.7 Å². The molecule has 0 radical (unpaired) electrons. The number of fused-ring (bicyclic) bond motifs is 1. The molecule has 0 N–H and O–H groups in total. The van der Waals surface area contributed by atoms with Gasteiger partial charge in [0, 0.05) is 24.8 Å². The zero-order valence-electron chi connectivity index (χ0n) is 7.28. The number of rotatable bonds is 1. The molecule has 0 spiro atoms. The Bertz CT molecular complexity index is 551. The van der Waals surface area contributed by atoms with E-state index in [2.05, 4.69) is 15.1 Å². The molecule has 5 heteroatoms. The maximum absolute atomic E-state index is 4.35. The number of aromatic nitrogens is 5. The third-order valence-corrected chi connectivity index (χ3v) is 2.01. The van der Waals surface area contributed by atoms with Crippen LogP contribution in [0.4, 0.5) is 0 Å². The highest BCUT2D eigenvalue weighted by molar-refractivity contribution is 5.39. The molecule has 14 heavy (non-hydrogen) atoms. The van der Waals surface area contributed by atoms with Crippen LogP contribution in [-0.2, 0) is 0 Å². The summed E-state index contributed by atoms with van der Waals surface area (Å²) in [5.41, 5.74) is 0.842. The molecule has 3 heterocycles. The van der Waals surface area contributed by atoms with E-state index in [9.17, 15) is 0 Å². The fraction of sp³-hybridized carbons (Fsp3) is 0. The summed E-state index contributed by atoms with van der Waals surface area (Å²) in [5.74, 6) is 0.827. The van der Waals surface area contributed by atoms with E-state index in [4.69, 9.17) is 0 Å². The van der Waals surface area contributed by atoms with Gasteiger partial charge < -0.3 is 0 Å². The van der Waals surface area contributed by atoms with Crippen molar-refractivity contribution in [1.82, 2.24) is 24.1 Å². The predicted octanol–water partition coefficient (Wildman–Crippen LogP) is 0.915. The molecule has 68 valence electrons. The Morgan fingerprint density at radius 1 is 1.07 bits per heavy atom. The molecular formula is C9H7N5. The van der Waals surface area contributed by atoms with Crippen LogP contribution in [0.15, 0.2) is 43.2 Å². The van der Waals surface area contributed by atoms with Crippen molar-refractivity contribution in [3.63, 3.8) is 0 Å². The van der Waals surface area contributed by atoms with Gasteiger partial charge in [0.2, 0.25) is 0 Å². The molecule has 0 saturated carbocycles. The first-order valence-electron chi connectivity index (χ1n) is 4.22. The minimum atomic E-state index is 0.827. The summed E-state index contributed by atoms with van der Waals surface area (Å²) in [6, 6.07) is 3.83. The van der Waals surface area contributed by atoms with Gasteiger partial charge in [0.25, 0.3) is 0 Å². The number of hydrogen-bond acceptors (Lipinski definition) is 3. The number of imidazole rings is 2. The molecule has 0 aliphatic heterocycles. The molecule has 5 nitrogen and oxygen atoms in total. The van der Waals surface area contributed by atoms with Crippen molar-refractivity contribution < 1.29 is 0 Å². The fourth-order valence-electron chi connectivity index (χ4n) is 1.34. The molecule has 0 aliphatic carbocycles. The Morgan fingerprint density at radius 3 is 2.93 bits per heavy atom. The van der Waals surface area contributed by atoms with Crippen molar-refractivity contribution in [1.29, 1.82) is 0 Å². The zero-order valence-corrected chi connectivity index (χ0v) is 7.28. The van der Waals surface area contributed by atoms with Gasteiger partial charge in [-0.3, -0.25) is 4.57 Å². The van der Waals surface area contributed by atoms with Crippen LogP contribution in [0.1, 0.15) is 0 Å². The van der Waals surface area contributed by atoms with Crippen LogP contribution in [0.3, 0.4) is 0 Å². The van der Waals surface area contributed by atoms with Gasteiger partial charge in [0.15, 0.2) is 11.5 Å². The van der Waals surface area contributed by atoms with Crippen molar-refractivity contribution in [2.24, 2.45) is 0 Å². The first-order valence-corrected chi connectivity index (χ1v) is 4.22. The van der Waals surface area contributed by atoms with Crippen LogP contribution in [0.5, 0.6) is 0 Å². The predicted molar refractivity (Wildman–Crippen MR) is 50.1 cm³/mol. The Hall–Kier alpha value is -2.17. The molecule has 0 fully saturated rings. The molecule has 3 rings (SSSR count). The quantitative estimate of drug-likeness (QED) is 0.566. The van der Waals surface area contributed by atoms with E-state index in [0.29, 0.717) is 0 Å². The standard InChI is InChI=1S/C9H7N5/c1-2-9(13-5-3-10-7-13)12-14-6-4-11-8(1)14/h1-7H. The van der Waals surface area contributed by atoms with Crippen molar-refractivity contribution in [2.45, 2.75) is 0 Å². The van der Waals surface area contributed by atoms with Crippen LogP contribution in [0.2, 0.25) is 0 Å². The van der Waals surface area contributed by atoms with Gasteiger partial charge in [0.05, 0.1) is 0 Å². The highest BCUT2D eigenvalue weighted by Crippen LogP contribution is 2.04. The monoisotopic (exact) mass is 185 g/mol. The number of nitrogens with zero attached hydrogens (tertiary/aromatic N) is 5. The second-order valence-electron chi connectivity index (χ2n) is 2.89. The molecule has 0 atom stereocenters. The second kappa shape index (κ2) is 2.66. The number of hydrogen-bond donors (Lipinski definition) is 0. The van der Waals surface area contributed by atoms with Crippen LogP contribution in [-0.4, -0.2) is 24.1 Å². The van der Waals surface area contributed by atoms with Crippen molar-refractivity contribution in [3.05, 3.63) is 43.2 Å². The van der Waals surface area contributed by atoms with E-state index >= 15 is 0 Å². The summed E-state index contributed by atoms with van der Waals surface area (Å²) in [6.07, 6.45) is 8.83. The highest BCUT2D eigenvalue weighted by atomic mass is 15.3. The van der Waals surface area contributed by atoms with Gasteiger partial charge in [-0.2, -0.15) is 0 Å². The summed E-state index contributed by atoms with van der Waals surface area (Å²) < 4.78 is 3.58. The summed E-state index contributed by atoms with van der Waals surface area (Å²) in [4.78, 5) is 8.08. The van der Waals surface area contributed by atoms with Crippen LogP contribution in [0, 0.1) is 0 Å². The fourth-order valence-corrected chi connectivity index (χ4v) is 1.34. The minimum absolute atomic E-state index is 0.827. The van der Waals surface area contributed by atoms with Gasteiger partial charge in [0.1, 0.15) is 6.33 Å².